The Balaban J connectivity index is 1.57. The number of nitrogens with zero attached hydrogens (tertiary/aromatic N) is 5. The van der Waals surface area contributed by atoms with Crippen LogP contribution in [0, 0.1) is 17.1 Å². The number of methoxy groups -OCH3 is 1. The topological polar surface area (TPSA) is 139 Å². The summed E-state index contributed by atoms with van der Waals surface area (Å²) in [5, 5.41) is 11.3. The molecule has 1 amide bonds. The fourth-order valence-corrected chi connectivity index (χ4v) is 5.26. The Morgan fingerprint density at radius 1 is 1.19 bits per heavy atom. The van der Waals surface area contributed by atoms with Crippen molar-refractivity contribution in [1.82, 2.24) is 4.98 Å². The van der Waals surface area contributed by atoms with Crippen LogP contribution in [0.15, 0.2) is 24.3 Å². The minimum absolute atomic E-state index is 0.0891. The van der Waals surface area contributed by atoms with Crippen LogP contribution in [-0.4, -0.2) is 56.8 Å². The van der Waals surface area contributed by atoms with Crippen LogP contribution in [0.2, 0.25) is 0 Å². The molecule has 1 aromatic carbocycles. The van der Waals surface area contributed by atoms with Crippen LogP contribution in [0.1, 0.15) is 18.1 Å². The van der Waals surface area contributed by atoms with Crippen molar-refractivity contribution < 1.29 is 18.9 Å². The maximum absolute atomic E-state index is 14.3. The van der Waals surface area contributed by atoms with Crippen molar-refractivity contribution in [3.05, 3.63) is 41.2 Å². The lowest BCUT2D eigenvalue weighted by Gasteiger charge is -2.34. The zero-order chi connectivity index (χ0) is 25.6. The Labute approximate surface area is 207 Å². The van der Waals surface area contributed by atoms with E-state index in [2.05, 4.69) is 16.0 Å². The van der Waals surface area contributed by atoms with E-state index in [0.717, 1.165) is 0 Å². The average Bonchev–Trinajstić information content (AvgIpc) is 3.19. The van der Waals surface area contributed by atoms with E-state index in [1.807, 2.05) is 22.8 Å². The number of nitriles is 1. The van der Waals surface area contributed by atoms with Gasteiger partial charge in [-0.15, -0.1) is 0 Å². The van der Waals surface area contributed by atoms with Gasteiger partial charge >= 0.3 is 0 Å². The third-order valence-electron chi connectivity index (χ3n) is 6.89. The van der Waals surface area contributed by atoms with Crippen molar-refractivity contribution in [2.45, 2.75) is 19.4 Å². The Morgan fingerprint density at radius 3 is 2.56 bits per heavy atom. The zero-order valence-corrected chi connectivity index (χ0v) is 20.2. The highest BCUT2D eigenvalue weighted by atomic mass is 19.1. The van der Waals surface area contributed by atoms with E-state index in [9.17, 15) is 14.4 Å². The number of piperazine rings is 1. The van der Waals surface area contributed by atoms with Gasteiger partial charge in [-0.05, 0) is 19.1 Å². The predicted octanol–water partition coefficient (Wildman–Crippen LogP) is 1.47. The molecular weight excluding hydrogens is 463 g/mol. The summed E-state index contributed by atoms with van der Waals surface area (Å²) in [5.74, 6) is 1.02. The first kappa shape index (κ1) is 23.6. The highest BCUT2D eigenvalue weighted by Crippen LogP contribution is 2.41. The third-order valence-corrected chi connectivity index (χ3v) is 6.89. The monoisotopic (exact) mass is 491 g/mol. The standard InChI is InChI=1S/C25H27FN8O2/c1-14(13-36-2)34-19(35)11-15-20-16(12-27)24(30-22(28)21(20)23(29)31-25(15)34)33-9-7-32(8-10-33)18-6-4-3-5-17(18)26/h3-6,14H,7-11,13H2,1-2H3,(H2,28,30)(H2,29,31)/p+1/t14-/m0/s1. The van der Waals surface area contributed by atoms with E-state index in [-0.39, 0.29) is 35.8 Å². The molecule has 0 spiro atoms. The number of carbonyl (C=O) groups excluding carboxylic acids is 1. The number of nitrogen functional groups attached to an aromatic ring is 2. The zero-order valence-electron chi connectivity index (χ0n) is 20.2. The quantitative estimate of drug-likeness (QED) is 0.547. The van der Waals surface area contributed by atoms with Crippen LogP contribution < -0.4 is 31.2 Å². The smallest absolute Gasteiger partial charge is 0.240 e. The molecule has 0 radical (unpaired) electrons. The van der Waals surface area contributed by atoms with Crippen molar-refractivity contribution in [3.63, 3.8) is 0 Å². The van der Waals surface area contributed by atoms with Gasteiger partial charge in [0.2, 0.25) is 17.5 Å². The van der Waals surface area contributed by atoms with Crippen LogP contribution >= 0.6 is 0 Å². The molecule has 1 fully saturated rings. The van der Waals surface area contributed by atoms with Crippen molar-refractivity contribution in [2.24, 2.45) is 0 Å². The van der Waals surface area contributed by atoms with E-state index in [0.29, 0.717) is 72.0 Å². The third kappa shape index (κ3) is 3.70. The highest BCUT2D eigenvalue weighted by Gasteiger charge is 2.38. The lowest BCUT2D eigenvalue weighted by molar-refractivity contribution is -0.344. The summed E-state index contributed by atoms with van der Waals surface area (Å²) in [6.07, 6.45) is 0.0891. The molecular formula is C25H28FN8O2+. The molecule has 1 saturated heterocycles. The van der Waals surface area contributed by atoms with Gasteiger partial charge in [0, 0.05) is 31.1 Å². The number of carbonyl (C=O) groups is 1. The van der Waals surface area contributed by atoms with Crippen molar-refractivity contribution >= 4 is 45.6 Å². The first-order valence-corrected chi connectivity index (χ1v) is 11.8. The molecule has 2 aliphatic heterocycles. The summed E-state index contributed by atoms with van der Waals surface area (Å²) < 4.78 is 19.5. The number of nitrogens with two attached hydrogens (primary N) is 2. The minimum atomic E-state index is -0.263. The Morgan fingerprint density at radius 2 is 1.89 bits per heavy atom. The number of amides is 1. The maximum atomic E-state index is 14.3. The first-order chi connectivity index (χ1) is 17.3. The molecule has 3 aromatic rings. The number of anilines is 5. The van der Waals surface area contributed by atoms with E-state index < -0.39 is 0 Å². The Hall–Kier alpha value is -4.17. The number of rotatable bonds is 5. The van der Waals surface area contributed by atoms with Crippen LogP contribution in [0.3, 0.4) is 0 Å². The summed E-state index contributed by atoms with van der Waals surface area (Å²) in [4.78, 5) is 26.2. The predicted molar refractivity (Wildman–Crippen MR) is 135 cm³/mol. The van der Waals surface area contributed by atoms with Gasteiger partial charge in [-0.25, -0.2) is 14.4 Å². The number of halogens is 1. The van der Waals surface area contributed by atoms with Gasteiger partial charge in [0.15, 0.2) is 0 Å². The van der Waals surface area contributed by atoms with Gasteiger partial charge < -0.3 is 21.1 Å². The van der Waals surface area contributed by atoms with Crippen LogP contribution in [0.25, 0.3) is 10.8 Å². The molecule has 36 heavy (non-hydrogen) atoms. The second-order valence-corrected chi connectivity index (χ2v) is 9.09. The first-order valence-electron chi connectivity index (χ1n) is 11.8. The number of hydrogen-bond donors (Lipinski definition) is 2. The summed E-state index contributed by atoms with van der Waals surface area (Å²) in [5.41, 5.74) is 14.3. The Kier molecular flexibility index (Phi) is 5.97. The summed E-state index contributed by atoms with van der Waals surface area (Å²) in [7, 11) is 1.57. The summed E-state index contributed by atoms with van der Waals surface area (Å²) in [6, 6.07) is 8.76. The van der Waals surface area contributed by atoms with Gasteiger partial charge in [-0.1, -0.05) is 12.1 Å². The van der Waals surface area contributed by atoms with Crippen LogP contribution in [-0.2, 0) is 16.0 Å². The molecule has 0 saturated carbocycles. The number of H-pyrrole nitrogens is 1. The number of nitrogens with one attached hydrogen (secondary N) is 1. The molecule has 1 atom stereocenters. The molecule has 10 nitrogen and oxygen atoms in total. The SMILES string of the molecule is COC[C@H](C)N1C(=O)Cc2c1nc(N)c1c(N)[nH+]c(N3CCN(c4ccccc4F)CC3)c(C#N)c21. The number of ether oxygens (including phenoxy) is 1. The molecule has 2 aromatic heterocycles. The maximum Gasteiger partial charge on any atom is 0.240 e. The lowest BCUT2D eigenvalue weighted by atomic mass is 10.00. The fraction of sp³-hybridized carbons (Fsp3) is 0.360. The van der Waals surface area contributed by atoms with E-state index in [1.165, 1.54) is 6.07 Å². The van der Waals surface area contributed by atoms with Crippen LogP contribution in [0.4, 0.5) is 33.3 Å². The molecule has 2 aliphatic rings. The minimum Gasteiger partial charge on any atom is -0.383 e. The van der Waals surface area contributed by atoms with Gasteiger partial charge in [0.05, 0.1) is 43.2 Å². The lowest BCUT2D eigenvalue weighted by Crippen LogP contribution is -2.48. The van der Waals surface area contributed by atoms with Gasteiger partial charge in [-0.2, -0.15) is 5.26 Å². The fourth-order valence-electron chi connectivity index (χ4n) is 5.26. The highest BCUT2D eigenvalue weighted by molar-refractivity contribution is 6.12. The normalized spacial score (nSPS) is 16.4. The molecule has 5 N–H and O–H groups in total. The Bertz CT molecular complexity index is 1400. The van der Waals surface area contributed by atoms with Gasteiger partial charge in [-0.3, -0.25) is 14.6 Å². The number of benzene rings is 1. The summed E-state index contributed by atoms with van der Waals surface area (Å²) in [6.45, 7) is 4.42. The number of aromatic amines is 1. The number of aromatic nitrogens is 2. The van der Waals surface area contributed by atoms with Gasteiger partial charge in [0.25, 0.3) is 0 Å². The molecule has 186 valence electrons. The molecule has 0 aliphatic carbocycles. The molecule has 11 heteroatoms. The molecule has 0 bridgehead atoms. The van der Waals surface area contributed by atoms with Crippen molar-refractivity contribution in [2.75, 3.05) is 66.1 Å². The van der Waals surface area contributed by atoms with Gasteiger partial charge in [0.1, 0.15) is 29.1 Å². The number of fused-ring (bicyclic) bond motifs is 3. The second-order valence-electron chi connectivity index (χ2n) is 9.09. The largest absolute Gasteiger partial charge is 0.383 e. The van der Waals surface area contributed by atoms with Crippen molar-refractivity contribution in [1.29, 1.82) is 5.26 Å². The van der Waals surface area contributed by atoms with E-state index >= 15 is 0 Å². The van der Waals surface area contributed by atoms with E-state index in [1.54, 1.807) is 24.1 Å². The molecule has 5 rings (SSSR count). The number of pyridine rings is 2. The van der Waals surface area contributed by atoms with Crippen LogP contribution in [0.5, 0.6) is 0 Å². The van der Waals surface area contributed by atoms with Crippen molar-refractivity contribution in [3.8, 4) is 6.07 Å². The molecule has 0 unspecified atom stereocenters. The van der Waals surface area contributed by atoms with E-state index in [4.69, 9.17) is 16.2 Å². The number of para-hydroxylation sites is 1. The average molecular weight is 492 g/mol. The second kappa shape index (κ2) is 9.13. The molecule has 4 heterocycles. The number of hydrogen-bond acceptors (Lipinski definition) is 8. The summed E-state index contributed by atoms with van der Waals surface area (Å²) >= 11 is 0.